The average Bonchev–Trinajstić information content (AvgIpc) is 2.82. The Balaban J connectivity index is 2.28. The van der Waals surface area contributed by atoms with E-state index in [1.807, 2.05) is 36.6 Å². The Hall–Kier alpha value is -2.62. The predicted molar refractivity (Wildman–Crippen MR) is 77.1 cm³/mol. The molecule has 0 bridgehead atoms. The molecule has 4 heteroatoms. The van der Waals surface area contributed by atoms with Crippen molar-refractivity contribution in [3.63, 3.8) is 0 Å². The summed E-state index contributed by atoms with van der Waals surface area (Å²) in [5.74, 6) is -0.178. The van der Waals surface area contributed by atoms with E-state index in [-0.39, 0.29) is 5.56 Å². The van der Waals surface area contributed by atoms with Crippen LogP contribution in [0.2, 0.25) is 0 Å². The molecule has 0 aliphatic heterocycles. The third-order valence-corrected chi connectivity index (χ3v) is 3.42. The number of carboxylic acids is 1. The van der Waals surface area contributed by atoms with Crippen LogP contribution < -0.4 is 0 Å². The van der Waals surface area contributed by atoms with Crippen LogP contribution in [0, 0.1) is 13.8 Å². The summed E-state index contributed by atoms with van der Waals surface area (Å²) in [5.41, 5.74) is 4.20. The van der Waals surface area contributed by atoms with Crippen molar-refractivity contribution in [1.29, 1.82) is 0 Å². The minimum Gasteiger partial charge on any atom is -0.478 e. The summed E-state index contributed by atoms with van der Waals surface area (Å²) in [6, 6.07) is 9.46. The maximum absolute atomic E-state index is 11.2. The molecular weight excluding hydrogens is 252 g/mol. The van der Waals surface area contributed by atoms with Crippen LogP contribution in [0.25, 0.3) is 16.9 Å². The van der Waals surface area contributed by atoms with Gasteiger partial charge < -0.3 is 5.11 Å². The van der Waals surface area contributed by atoms with E-state index in [9.17, 15) is 9.90 Å². The lowest BCUT2D eigenvalue weighted by atomic mass is 10.1. The summed E-state index contributed by atoms with van der Waals surface area (Å²) in [4.78, 5) is 15.6. The Bertz CT molecular complexity index is 818. The Morgan fingerprint density at radius 1 is 1.25 bits per heavy atom. The third kappa shape index (κ3) is 1.86. The van der Waals surface area contributed by atoms with Crippen LogP contribution in [-0.4, -0.2) is 20.5 Å². The lowest BCUT2D eigenvalue weighted by Gasteiger charge is -2.07. The Morgan fingerprint density at radius 3 is 2.75 bits per heavy atom. The van der Waals surface area contributed by atoms with E-state index < -0.39 is 5.97 Å². The summed E-state index contributed by atoms with van der Waals surface area (Å²) < 4.78 is 1.82. The second-order valence-electron chi connectivity index (χ2n) is 4.88. The van der Waals surface area contributed by atoms with Crippen molar-refractivity contribution in [2.75, 3.05) is 0 Å². The third-order valence-electron chi connectivity index (χ3n) is 3.42. The van der Waals surface area contributed by atoms with E-state index in [2.05, 4.69) is 11.1 Å². The Morgan fingerprint density at radius 2 is 2.05 bits per heavy atom. The maximum Gasteiger partial charge on any atom is 0.337 e. The number of aromatic carboxylic acids is 1. The van der Waals surface area contributed by atoms with Crippen molar-refractivity contribution in [1.82, 2.24) is 9.38 Å². The number of hydrogen-bond donors (Lipinski definition) is 1. The van der Waals surface area contributed by atoms with Crippen LogP contribution in [0.5, 0.6) is 0 Å². The summed E-state index contributed by atoms with van der Waals surface area (Å²) in [7, 11) is 0. The van der Waals surface area contributed by atoms with Crippen molar-refractivity contribution >= 4 is 11.5 Å². The molecule has 0 amide bonds. The maximum atomic E-state index is 11.2. The van der Waals surface area contributed by atoms with E-state index in [0.29, 0.717) is 5.52 Å². The standard InChI is InChI=1S/C16H14N2O2/c1-10-5-6-12(11(2)8-10)15-17-9-14-13(16(19)20)4-3-7-18(14)15/h3-9H,1-2H3,(H,19,20). The summed E-state index contributed by atoms with van der Waals surface area (Å²) in [6.07, 6.45) is 3.45. The molecule has 20 heavy (non-hydrogen) atoms. The van der Waals surface area contributed by atoms with Crippen LogP contribution in [0.4, 0.5) is 0 Å². The summed E-state index contributed by atoms with van der Waals surface area (Å²) in [6.45, 7) is 4.08. The number of carbonyl (C=O) groups is 1. The Labute approximate surface area is 116 Å². The molecule has 0 saturated carbocycles. The van der Waals surface area contributed by atoms with E-state index in [1.54, 1.807) is 18.3 Å². The van der Waals surface area contributed by atoms with Gasteiger partial charge >= 0.3 is 5.97 Å². The number of aryl methyl sites for hydroxylation is 2. The zero-order valence-corrected chi connectivity index (χ0v) is 11.3. The zero-order valence-electron chi connectivity index (χ0n) is 11.3. The van der Waals surface area contributed by atoms with Crippen molar-refractivity contribution in [3.8, 4) is 11.4 Å². The van der Waals surface area contributed by atoms with Gasteiger partial charge in [-0.2, -0.15) is 0 Å². The largest absolute Gasteiger partial charge is 0.478 e. The number of pyridine rings is 1. The fraction of sp³-hybridized carbons (Fsp3) is 0.125. The van der Waals surface area contributed by atoms with Crippen LogP contribution in [0.15, 0.2) is 42.7 Å². The van der Waals surface area contributed by atoms with Gasteiger partial charge in [-0.15, -0.1) is 0 Å². The molecule has 0 aliphatic rings. The quantitative estimate of drug-likeness (QED) is 0.774. The number of benzene rings is 1. The van der Waals surface area contributed by atoms with Gasteiger partial charge in [-0.05, 0) is 31.5 Å². The molecule has 0 saturated heterocycles. The predicted octanol–water partition coefficient (Wildman–Crippen LogP) is 3.32. The van der Waals surface area contributed by atoms with Crippen LogP contribution in [-0.2, 0) is 0 Å². The molecule has 0 atom stereocenters. The van der Waals surface area contributed by atoms with Gasteiger partial charge in [0.25, 0.3) is 0 Å². The molecule has 1 N–H and O–H groups in total. The average molecular weight is 266 g/mol. The molecule has 0 fully saturated rings. The van der Waals surface area contributed by atoms with Gasteiger partial charge in [0.05, 0.1) is 17.3 Å². The van der Waals surface area contributed by atoms with Crippen molar-refractivity contribution in [3.05, 3.63) is 59.4 Å². The highest BCUT2D eigenvalue weighted by atomic mass is 16.4. The van der Waals surface area contributed by atoms with Gasteiger partial charge in [-0.1, -0.05) is 23.8 Å². The molecule has 2 heterocycles. The second kappa shape index (κ2) is 4.49. The highest BCUT2D eigenvalue weighted by molar-refractivity contribution is 5.95. The minimum absolute atomic E-state index is 0.260. The van der Waals surface area contributed by atoms with E-state index in [0.717, 1.165) is 17.0 Å². The van der Waals surface area contributed by atoms with Crippen molar-refractivity contribution in [2.45, 2.75) is 13.8 Å². The second-order valence-corrected chi connectivity index (χ2v) is 4.88. The first-order valence-corrected chi connectivity index (χ1v) is 6.35. The first kappa shape index (κ1) is 12.4. The smallest absolute Gasteiger partial charge is 0.337 e. The normalized spacial score (nSPS) is 10.9. The van der Waals surface area contributed by atoms with Crippen LogP contribution >= 0.6 is 0 Å². The number of carboxylic acid groups (broad SMARTS) is 1. The highest BCUT2D eigenvalue weighted by Gasteiger charge is 2.14. The van der Waals surface area contributed by atoms with Crippen molar-refractivity contribution < 1.29 is 9.90 Å². The van der Waals surface area contributed by atoms with Gasteiger partial charge in [0, 0.05) is 11.8 Å². The minimum atomic E-state index is -0.942. The summed E-state index contributed by atoms with van der Waals surface area (Å²) in [5, 5.41) is 9.21. The number of hydrogen-bond acceptors (Lipinski definition) is 2. The number of rotatable bonds is 2. The van der Waals surface area contributed by atoms with E-state index in [1.165, 1.54) is 5.56 Å². The lowest BCUT2D eigenvalue weighted by molar-refractivity contribution is 0.0698. The van der Waals surface area contributed by atoms with Crippen LogP contribution in [0.1, 0.15) is 21.5 Å². The molecule has 0 radical (unpaired) electrons. The van der Waals surface area contributed by atoms with Gasteiger partial charge in [0.1, 0.15) is 5.82 Å². The number of fused-ring (bicyclic) bond motifs is 1. The molecule has 0 spiro atoms. The molecule has 4 nitrogen and oxygen atoms in total. The number of nitrogens with zero attached hydrogens (tertiary/aromatic N) is 2. The lowest BCUT2D eigenvalue weighted by Crippen LogP contribution is -2.00. The van der Waals surface area contributed by atoms with E-state index in [4.69, 9.17) is 0 Å². The topological polar surface area (TPSA) is 54.6 Å². The first-order valence-electron chi connectivity index (χ1n) is 6.35. The fourth-order valence-corrected chi connectivity index (χ4v) is 2.47. The zero-order chi connectivity index (χ0) is 14.3. The highest BCUT2D eigenvalue weighted by Crippen LogP contribution is 2.25. The number of imidazole rings is 1. The van der Waals surface area contributed by atoms with Crippen LogP contribution in [0.3, 0.4) is 0 Å². The van der Waals surface area contributed by atoms with E-state index >= 15 is 0 Å². The fourth-order valence-electron chi connectivity index (χ4n) is 2.47. The van der Waals surface area contributed by atoms with Gasteiger partial charge in [0.2, 0.25) is 0 Å². The Kier molecular flexibility index (Phi) is 2.79. The molecule has 3 aromatic rings. The molecule has 3 rings (SSSR count). The van der Waals surface area contributed by atoms with Gasteiger partial charge in [-0.25, -0.2) is 9.78 Å². The molecule has 0 unspecified atom stereocenters. The number of aromatic nitrogens is 2. The van der Waals surface area contributed by atoms with Gasteiger partial charge in [-0.3, -0.25) is 4.40 Å². The molecule has 100 valence electrons. The molecule has 0 aliphatic carbocycles. The molecule has 1 aromatic carbocycles. The summed E-state index contributed by atoms with van der Waals surface area (Å²) >= 11 is 0. The monoisotopic (exact) mass is 266 g/mol. The molecule has 2 aromatic heterocycles. The van der Waals surface area contributed by atoms with Gasteiger partial charge in [0.15, 0.2) is 0 Å². The molecular formula is C16H14N2O2. The van der Waals surface area contributed by atoms with Crippen molar-refractivity contribution in [2.24, 2.45) is 0 Å². The SMILES string of the molecule is Cc1ccc(-c2ncc3c(C(=O)O)cccn23)c(C)c1. The first-order chi connectivity index (χ1) is 9.58.